The summed E-state index contributed by atoms with van der Waals surface area (Å²) >= 11 is 2.76. The number of carboxylic acids is 1. The van der Waals surface area contributed by atoms with Crippen molar-refractivity contribution in [3.63, 3.8) is 0 Å². The Morgan fingerprint density at radius 3 is 2.50 bits per heavy atom. The largest absolute Gasteiger partial charge is 0.481 e. The third-order valence-electron chi connectivity index (χ3n) is 2.27. The topological polar surface area (TPSA) is 92.4 Å². The van der Waals surface area contributed by atoms with Gasteiger partial charge in [0.25, 0.3) is 0 Å². The quantitative estimate of drug-likeness (QED) is 0.772. The number of halogens is 4. The molecule has 0 bridgehead atoms. The summed E-state index contributed by atoms with van der Waals surface area (Å²) in [5.74, 6) is -2.15. The van der Waals surface area contributed by atoms with Gasteiger partial charge in [-0.05, 0) is 18.2 Å². The molecule has 0 aromatic heterocycles. The third kappa shape index (κ3) is 4.49. The normalized spacial score (nSPS) is 12.8. The van der Waals surface area contributed by atoms with Crippen molar-refractivity contribution < 1.29 is 27.9 Å². The number of amides is 1. The van der Waals surface area contributed by atoms with Crippen molar-refractivity contribution in [2.24, 2.45) is 5.73 Å². The Morgan fingerprint density at radius 2 is 2.00 bits per heavy atom. The molecule has 0 aliphatic carbocycles. The highest BCUT2D eigenvalue weighted by Crippen LogP contribution is 2.36. The fourth-order valence-corrected chi connectivity index (χ4v) is 1.81. The number of rotatable bonds is 4. The van der Waals surface area contributed by atoms with E-state index in [1.54, 1.807) is 0 Å². The Bertz CT molecular complexity index is 534. The zero-order chi connectivity index (χ0) is 15.5. The molecule has 0 saturated carbocycles. The van der Waals surface area contributed by atoms with Crippen LogP contribution >= 0.6 is 15.9 Å². The van der Waals surface area contributed by atoms with Gasteiger partial charge in [-0.1, -0.05) is 15.9 Å². The van der Waals surface area contributed by atoms with Crippen LogP contribution in [0.4, 0.5) is 18.9 Å². The van der Waals surface area contributed by atoms with Crippen LogP contribution in [0, 0.1) is 0 Å². The number of nitrogens with two attached hydrogens (primary N) is 1. The van der Waals surface area contributed by atoms with Crippen molar-refractivity contribution in [2.75, 3.05) is 5.32 Å². The van der Waals surface area contributed by atoms with Crippen LogP contribution in [0.2, 0.25) is 0 Å². The van der Waals surface area contributed by atoms with Crippen molar-refractivity contribution in [3.8, 4) is 0 Å². The molecule has 5 nitrogen and oxygen atoms in total. The second-order valence-corrected chi connectivity index (χ2v) is 4.74. The van der Waals surface area contributed by atoms with Gasteiger partial charge in [0.1, 0.15) is 0 Å². The highest BCUT2D eigenvalue weighted by atomic mass is 79.9. The minimum absolute atomic E-state index is 0.119. The molecule has 1 rings (SSSR count). The van der Waals surface area contributed by atoms with E-state index in [2.05, 4.69) is 21.2 Å². The van der Waals surface area contributed by atoms with Gasteiger partial charge in [0.2, 0.25) is 5.91 Å². The lowest BCUT2D eigenvalue weighted by Crippen LogP contribution is -2.37. The number of nitrogens with one attached hydrogen (secondary N) is 1. The molecular formula is C11H10BrF3N2O3. The number of hydrogen-bond donors (Lipinski definition) is 3. The van der Waals surface area contributed by atoms with Crippen molar-refractivity contribution in [1.29, 1.82) is 0 Å². The molecule has 0 radical (unpaired) electrons. The van der Waals surface area contributed by atoms with Gasteiger partial charge < -0.3 is 16.2 Å². The molecule has 20 heavy (non-hydrogen) atoms. The lowest BCUT2D eigenvalue weighted by atomic mass is 10.1. The lowest BCUT2D eigenvalue weighted by molar-refractivity contribution is -0.139. The molecule has 0 spiro atoms. The zero-order valence-corrected chi connectivity index (χ0v) is 11.5. The Morgan fingerprint density at radius 1 is 1.40 bits per heavy atom. The molecule has 1 aromatic rings. The van der Waals surface area contributed by atoms with Crippen molar-refractivity contribution in [1.82, 2.24) is 0 Å². The average molecular weight is 355 g/mol. The van der Waals surface area contributed by atoms with E-state index in [1.165, 1.54) is 6.07 Å². The number of aliphatic carboxylic acids is 1. The third-order valence-corrected chi connectivity index (χ3v) is 2.96. The number of hydrogen-bond acceptors (Lipinski definition) is 3. The molecule has 110 valence electrons. The van der Waals surface area contributed by atoms with Gasteiger partial charge in [-0.25, -0.2) is 0 Å². The van der Waals surface area contributed by atoms with Crippen LogP contribution in [0.1, 0.15) is 12.0 Å². The first-order chi connectivity index (χ1) is 9.11. The molecule has 4 N–H and O–H groups in total. The monoisotopic (exact) mass is 354 g/mol. The van der Waals surface area contributed by atoms with E-state index in [1.807, 2.05) is 0 Å². The van der Waals surface area contributed by atoms with Crippen LogP contribution in [0.25, 0.3) is 0 Å². The Hall–Kier alpha value is -1.61. The fraction of sp³-hybridized carbons (Fsp3) is 0.273. The number of carbonyl (C=O) groups is 2. The first kappa shape index (κ1) is 16.4. The van der Waals surface area contributed by atoms with Crippen LogP contribution in [0.15, 0.2) is 22.7 Å². The molecule has 0 fully saturated rings. The molecule has 1 aromatic carbocycles. The molecular weight excluding hydrogens is 345 g/mol. The lowest BCUT2D eigenvalue weighted by Gasteiger charge is -2.13. The predicted molar refractivity (Wildman–Crippen MR) is 68.0 cm³/mol. The summed E-state index contributed by atoms with van der Waals surface area (Å²) in [6, 6.07) is 1.76. The summed E-state index contributed by atoms with van der Waals surface area (Å²) in [5.41, 5.74) is 4.22. The van der Waals surface area contributed by atoms with E-state index in [0.29, 0.717) is 0 Å². The summed E-state index contributed by atoms with van der Waals surface area (Å²) in [6.45, 7) is 0. The van der Waals surface area contributed by atoms with Crippen molar-refractivity contribution in [3.05, 3.63) is 28.2 Å². The van der Waals surface area contributed by atoms with Crippen LogP contribution in [0.3, 0.4) is 0 Å². The highest BCUT2D eigenvalue weighted by molar-refractivity contribution is 9.10. The number of carbonyl (C=O) groups excluding carboxylic acids is 1. The number of alkyl halides is 3. The summed E-state index contributed by atoms with van der Waals surface area (Å²) in [6.07, 6.45) is -5.20. The maximum Gasteiger partial charge on any atom is 0.417 e. The first-order valence-corrected chi connectivity index (χ1v) is 6.05. The predicted octanol–water partition coefficient (Wildman–Crippen LogP) is 2.21. The van der Waals surface area contributed by atoms with Gasteiger partial charge in [0, 0.05) is 10.2 Å². The van der Waals surface area contributed by atoms with E-state index < -0.39 is 36.1 Å². The molecule has 0 saturated heterocycles. The molecule has 0 aliphatic heterocycles. The second kappa shape index (κ2) is 6.23. The first-order valence-electron chi connectivity index (χ1n) is 5.26. The van der Waals surface area contributed by atoms with Crippen molar-refractivity contribution >= 4 is 33.5 Å². The minimum Gasteiger partial charge on any atom is -0.481 e. The molecule has 1 atom stereocenters. The summed E-state index contributed by atoms with van der Waals surface area (Å²) in [7, 11) is 0. The molecule has 0 aliphatic rings. The van der Waals surface area contributed by atoms with Gasteiger partial charge in [-0.15, -0.1) is 0 Å². The smallest absolute Gasteiger partial charge is 0.417 e. The number of anilines is 1. The summed E-state index contributed by atoms with van der Waals surface area (Å²) in [4.78, 5) is 21.9. The standard InChI is InChI=1S/C11H10BrF3N2O3/c12-7-2-1-5(3-6(7)11(13,14)15)17-10(20)8(16)4-9(18)19/h1-3,8H,4,16H2,(H,17,20)(H,18,19)/t8-/m0/s1. The summed E-state index contributed by atoms with van der Waals surface area (Å²) in [5, 5.41) is 10.6. The van der Waals surface area contributed by atoms with E-state index in [-0.39, 0.29) is 10.2 Å². The minimum atomic E-state index is -4.58. The van der Waals surface area contributed by atoms with E-state index in [0.717, 1.165) is 12.1 Å². The van der Waals surface area contributed by atoms with Gasteiger partial charge in [0.05, 0.1) is 18.0 Å². The Labute approximate surface area is 120 Å². The summed E-state index contributed by atoms with van der Waals surface area (Å²) < 4.78 is 37.8. The Balaban J connectivity index is 2.89. The van der Waals surface area contributed by atoms with Crippen LogP contribution in [-0.2, 0) is 15.8 Å². The molecule has 9 heteroatoms. The van der Waals surface area contributed by atoms with Crippen LogP contribution in [0.5, 0.6) is 0 Å². The molecule has 0 unspecified atom stereocenters. The van der Waals surface area contributed by atoms with E-state index in [9.17, 15) is 22.8 Å². The van der Waals surface area contributed by atoms with Crippen molar-refractivity contribution in [2.45, 2.75) is 18.6 Å². The van der Waals surface area contributed by atoms with Gasteiger partial charge in [0.15, 0.2) is 0 Å². The molecule has 1 amide bonds. The Kier molecular flexibility index (Phi) is 5.12. The highest BCUT2D eigenvalue weighted by Gasteiger charge is 2.33. The fourth-order valence-electron chi connectivity index (χ4n) is 1.34. The molecule has 0 heterocycles. The second-order valence-electron chi connectivity index (χ2n) is 3.89. The zero-order valence-electron chi connectivity index (χ0n) is 9.87. The van der Waals surface area contributed by atoms with Gasteiger partial charge in [-0.3, -0.25) is 9.59 Å². The van der Waals surface area contributed by atoms with Crippen LogP contribution in [-0.4, -0.2) is 23.0 Å². The average Bonchev–Trinajstić information content (AvgIpc) is 2.29. The van der Waals surface area contributed by atoms with E-state index in [4.69, 9.17) is 10.8 Å². The maximum absolute atomic E-state index is 12.7. The SMILES string of the molecule is N[C@@H](CC(=O)O)C(=O)Nc1ccc(Br)c(C(F)(F)F)c1. The van der Waals surface area contributed by atoms with E-state index >= 15 is 0 Å². The number of carboxylic acid groups (broad SMARTS) is 1. The van der Waals surface area contributed by atoms with Gasteiger partial charge in [-0.2, -0.15) is 13.2 Å². The maximum atomic E-state index is 12.7. The van der Waals surface area contributed by atoms with Crippen LogP contribution < -0.4 is 11.1 Å². The van der Waals surface area contributed by atoms with Gasteiger partial charge >= 0.3 is 12.1 Å². The number of benzene rings is 1.